The van der Waals surface area contributed by atoms with E-state index in [9.17, 15) is 4.79 Å². The third-order valence-corrected chi connectivity index (χ3v) is 3.13. The minimum absolute atomic E-state index is 0.295. The average Bonchev–Trinajstić information content (AvgIpc) is 2.39. The van der Waals surface area contributed by atoms with E-state index in [1.165, 1.54) is 18.2 Å². The van der Waals surface area contributed by atoms with Crippen molar-refractivity contribution in [2.45, 2.75) is 25.3 Å². The van der Waals surface area contributed by atoms with Gasteiger partial charge < -0.3 is 10.5 Å². The molecular formula is C14H17NO2. The van der Waals surface area contributed by atoms with Gasteiger partial charge in [-0.15, -0.1) is 0 Å². The van der Waals surface area contributed by atoms with Crippen LogP contribution in [0.4, 0.5) is 0 Å². The molecule has 0 radical (unpaired) electrons. The molecular weight excluding hydrogens is 214 g/mol. The Kier molecular flexibility index (Phi) is 3.59. The van der Waals surface area contributed by atoms with Crippen LogP contribution < -0.4 is 5.73 Å². The maximum Gasteiger partial charge on any atom is 0.337 e. The fourth-order valence-corrected chi connectivity index (χ4v) is 2.05. The summed E-state index contributed by atoms with van der Waals surface area (Å²) in [5.74, 6) is -0.295. The van der Waals surface area contributed by atoms with Crippen LogP contribution in [0.1, 0.15) is 35.2 Å². The summed E-state index contributed by atoms with van der Waals surface area (Å²) >= 11 is 0. The second kappa shape index (κ2) is 5.15. The lowest BCUT2D eigenvalue weighted by atomic mass is 9.91. The number of rotatable bonds is 2. The smallest absolute Gasteiger partial charge is 0.337 e. The van der Waals surface area contributed by atoms with Crippen molar-refractivity contribution in [2.75, 3.05) is 7.11 Å². The molecule has 0 aliphatic heterocycles. The summed E-state index contributed by atoms with van der Waals surface area (Å²) in [6.45, 7) is 0. The first kappa shape index (κ1) is 11.9. The highest BCUT2D eigenvalue weighted by Gasteiger charge is 2.12. The number of allylic oxidation sites excluding steroid dienone is 1. The van der Waals surface area contributed by atoms with Gasteiger partial charge in [-0.25, -0.2) is 4.79 Å². The van der Waals surface area contributed by atoms with E-state index in [1.54, 1.807) is 12.1 Å². The highest BCUT2D eigenvalue weighted by atomic mass is 16.5. The molecule has 17 heavy (non-hydrogen) atoms. The number of hydrogen-bond acceptors (Lipinski definition) is 3. The number of ether oxygens (including phenoxy) is 1. The van der Waals surface area contributed by atoms with Gasteiger partial charge in [-0.1, -0.05) is 18.2 Å². The van der Waals surface area contributed by atoms with Crippen molar-refractivity contribution >= 4 is 11.5 Å². The van der Waals surface area contributed by atoms with Crippen LogP contribution in [-0.2, 0) is 4.74 Å². The van der Waals surface area contributed by atoms with Crippen molar-refractivity contribution in [3.8, 4) is 0 Å². The molecule has 0 fully saturated rings. The minimum atomic E-state index is -0.295. The molecule has 0 amide bonds. The Morgan fingerprint density at radius 1 is 1.35 bits per heavy atom. The highest BCUT2D eigenvalue weighted by molar-refractivity contribution is 5.89. The van der Waals surface area contributed by atoms with Crippen LogP contribution in [0.15, 0.2) is 30.3 Å². The fraction of sp³-hybridized carbons (Fsp3) is 0.357. The lowest BCUT2D eigenvalue weighted by Crippen LogP contribution is -2.21. The first-order valence-corrected chi connectivity index (χ1v) is 5.84. The Balaban J connectivity index is 2.16. The van der Waals surface area contributed by atoms with Gasteiger partial charge in [-0.05, 0) is 42.5 Å². The Hall–Kier alpha value is -1.61. The van der Waals surface area contributed by atoms with Gasteiger partial charge in [0.05, 0.1) is 12.7 Å². The number of nitrogens with two attached hydrogens (primary N) is 1. The number of methoxy groups -OCH3 is 1. The summed E-state index contributed by atoms with van der Waals surface area (Å²) in [7, 11) is 1.39. The maximum atomic E-state index is 11.3. The SMILES string of the molecule is COC(=O)c1ccc(C2=CCC(N)CC2)cc1. The number of benzene rings is 1. The molecule has 2 N–H and O–H groups in total. The van der Waals surface area contributed by atoms with Crippen molar-refractivity contribution in [3.05, 3.63) is 41.5 Å². The molecule has 1 atom stereocenters. The van der Waals surface area contributed by atoms with Crippen molar-refractivity contribution in [1.82, 2.24) is 0 Å². The normalized spacial score (nSPS) is 19.6. The summed E-state index contributed by atoms with van der Waals surface area (Å²) < 4.78 is 4.67. The summed E-state index contributed by atoms with van der Waals surface area (Å²) in [6, 6.07) is 7.84. The Morgan fingerprint density at radius 3 is 2.59 bits per heavy atom. The molecule has 0 saturated carbocycles. The van der Waals surface area contributed by atoms with E-state index < -0.39 is 0 Å². The second-order valence-electron chi connectivity index (χ2n) is 4.33. The van der Waals surface area contributed by atoms with Crippen LogP contribution >= 0.6 is 0 Å². The summed E-state index contributed by atoms with van der Waals surface area (Å²) in [6.07, 6.45) is 5.18. The van der Waals surface area contributed by atoms with Gasteiger partial charge in [-0.3, -0.25) is 0 Å². The quantitative estimate of drug-likeness (QED) is 0.795. The molecule has 1 aromatic rings. The summed E-state index contributed by atoms with van der Waals surface area (Å²) in [5, 5.41) is 0. The molecule has 3 heteroatoms. The van der Waals surface area contributed by atoms with E-state index in [0.717, 1.165) is 19.3 Å². The van der Waals surface area contributed by atoms with Crippen LogP contribution in [-0.4, -0.2) is 19.1 Å². The van der Waals surface area contributed by atoms with Crippen LogP contribution in [0, 0.1) is 0 Å². The van der Waals surface area contributed by atoms with Gasteiger partial charge in [0, 0.05) is 6.04 Å². The standard InChI is InChI=1S/C14H17NO2/c1-17-14(16)12-4-2-10(3-5-12)11-6-8-13(15)9-7-11/h2-6,13H,7-9,15H2,1H3. The Labute approximate surface area is 101 Å². The number of hydrogen-bond donors (Lipinski definition) is 1. The average molecular weight is 231 g/mol. The van der Waals surface area contributed by atoms with E-state index in [4.69, 9.17) is 5.73 Å². The molecule has 0 saturated heterocycles. The van der Waals surface area contributed by atoms with Crippen LogP contribution in [0.25, 0.3) is 5.57 Å². The molecule has 90 valence electrons. The van der Waals surface area contributed by atoms with Crippen LogP contribution in [0.3, 0.4) is 0 Å². The van der Waals surface area contributed by atoms with E-state index in [2.05, 4.69) is 10.8 Å². The van der Waals surface area contributed by atoms with E-state index in [1.807, 2.05) is 12.1 Å². The second-order valence-corrected chi connectivity index (χ2v) is 4.33. The first-order valence-electron chi connectivity index (χ1n) is 5.84. The molecule has 0 heterocycles. The minimum Gasteiger partial charge on any atom is -0.465 e. The number of carbonyl (C=O) groups excluding carboxylic acids is 1. The lowest BCUT2D eigenvalue weighted by Gasteiger charge is -2.18. The van der Waals surface area contributed by atoms with Crippen molar-refractivity contribution in [1.29, 1.82) is 0 Å². The highest BCUT2D eigenvalue weighted by Crippen LogP contribution is 2.26. The largest absolute Gasteiger partial charge is 0.465 e. The van der Waals surface area contributed by atoms with Gasteiger partial charge in [0.25, 0.3) is 0 Å². The predicted molar refractivity (Wildman–Crippen MR) is 67.6 cm³/mol. The van der Waals surface area contributed by atoms with E-state index >= 15 is 0 Å². The number of carbonyl (C=O) groups is 1. The molecule has 1 unspecified atom stereocenters. The molecule has 0 aromatic heterocycles. The Bertz CT molecular complexity index is 434. The fourth-order valence-electron chi connectivity index (χ4n) is 2.05. The molecule has 0 spiro atoms. The van der Waals surface area contributed by atoms with Gasteiger partial charge in [0.15, 0.2) is 0 Å². The molecule has 1 aromatic carbocycles. The molecule has 0 bridgehead atoms. The van der Waals surface area contributed by atoms with Gasteiger partial charge >= 0.3 is 5.97 Å². The van der Waals surface area contributed by atoms with Crippen molar-refractivity contribution in [3.63, 3.8) is 0 Å². The molecule has 1 aliphatic rings. The van der Waals surface area contributed by atoms with E-state index in [-0.39, 0.29) is 5.97 Å². The van der Waals surface area contributed by atoms with Crippen LogP contribution in [0.5, 0.6) is 0 Å². The molecule has 2 rings (SSSR count). The van der Waals surface area contributed by atoms with Crippen molar-refractivity contribution < 1.29 is 9.53 Å². The zero-order valence-corrected chi connectivity index (χ0v) is 9.98. The monoisotopic (exact) mass is 231 g/mol. The zero-order valence-electron chi connectivity index (χ0n) is 9.98. The predicted octanol–water partition coefficient (Wildman–Crippen LogP) is 2.37. The lowest BCUT2D eigenvalue weighted by molar-refractivity contribution is 0.0601. The summed E-state index contributed by atoms with van der Waals surface area (Å²) in [4.78, 5) is 11.3. The molecule has 3 nitrogen and oxygen atoms in total. The van der Waals surface area contributed by atoms with Gasteiger partial charge in [-0.2, -0.15) is 0 Å². The topological polar surface area (TPSA) is 52.3 Å². The molecule has 1 aliphatic carbocycles. The first-order chi connectivity index (χ1) is 8.20. The number of esters is 1. The third-order valence-electron chi connectivity index (χ3n) is 3.13. The zero-order chi connectivity index (χ0) is 12.3. The summed E-state index contributed by atoms with van der Waals surface area (Å²) in [5.41, 5.74) is 8.93. The third kappa shape index (κ3) is 2.74. The van der Waals surface area contributed by atoms with E-state index in [0.29, 0.717) is 11.6 Å². The van der Waals surface area contributed by atoms with Crippen molar-refractivity contribution in [2.24, 2.45) is 5.73 Å². The maximum absolute atomic E-state index is 11.3. The van der Waals surface area contributed by atoms with Gasteiger partial charge in [0.2, 0.25) is 0 Å². The Morgan fingerprint density at radius 2 is 2.06 bits per heavy atom. The van der Waals surface area contributed by atoms with Gasteiger partial charge in [0.1, 0.15) is 0 Å². The van der Waals surface area contributed by atoms with Crippen LogP contribution in [0.2, 0.25) is 0 Å².